The molecular formula is C19H30N2O4. The zero-order valence-electron chi connectivity index (χ0n) is 15.4. The van der Waals surface area contributed by atoms with Crippen LogP contribution in [0.5, 0.6) is 0 Å². The fourth-order valence-corrected chi connectivity index (χ4v) is 3.99. The van der Waals surface area contributed by atoms with Gasteiger partial charge in [0.25, 0.3) is 0 Å². The maximum atomic E-state index is 11.6. The summed E-state index contributed by atoms with van der Waals surface area (Å²) in [7, 11) is 3.51. The van der Waals surface area contributed by atoms with Crippen molar-refractivity contribution in [2.75, 3.05) is 47.0 Å². The number of ether oxygens (including phenoxy) is 2. The van der Waals surface area contributed by atoms with Gasteiger partial charge in [0.2, 0.25) is 5.91 Å². The smallest absolute Gasteiger partial charge is 0.248 e. The number of nitrogens with zero attached hydrogens (tertiary/aromatic N) is 2. The molecule has 140 valence electrons. The Labute approximate surface area is 150 Å². The van der Waals surface area contributed by atoms with Crippen molar-refractivity contribution >= 4 is 5.91 Å². The number of likely N-dealkylation sites (tertiary alicyclic amines) is 1. The molecule has 6 heteroatoms. The molecule has 25 heavy (non-hydrogen) atoms. The molecule has 1 spiro atoms. The van der Waals surface area contributed by atoms with Gasteiger partial charge >= 0.3 is 0 Å². The largest absolute Gasteiger partial charge is 0.472 e. The van der Waals surface area contributed by atoms with E-state index in [0.29, 0.717) is 12.5 Å². The Bertz CT molecular complexity index is 536. The summed E-state index contributed by atoms with van der Waals surface area (Å²) in [6.45, 7) is 4.72. The quantitative estimate of drug-likeness (QED) is 0.705. The highest BCUT2D eigenvalue weighted by atomic mass is 16.5. The van der Waals surface area contributed by atoms with Crippen molar-refractivity contribution in [2.45, 2.75) is 37.8 Å². The zero-order valence-corrected chi connectivity index (χ0v) is 15.4. The normalized spacial score (nSPS) is 23.2. The van der Waals surface area contributed by atoms with E-state index in [0.717, 1.165) is 51.9 Å². The Morgan fingerprint density at radius 1 is 1.40 bits per heavy atom. The van der Waals surface area contributed by atoms with E-state index in [9.17, 15) is 4.79 Å². The average Bonchev–Trinajstić information content (AvgIpc) is 3.24. The molecule has 0 aromatic carbocycles. The molecule has 2 aliphatic heterocycles. The summed E-state index contributed by atoms with van der Waals surface area (Å²) >= 11 is 0. The number of carbonyl (C=O) groups is 1. The van der Waals surface area contributed by atoms with E-state index in [1.807, 2.05) is 12.3 Å². The predicted octanol–water partition coefficient (Wildman–Crippen LogP) is 2.15. The molecule has 2 fully saturated rings. The fraction of sp³-hybridized carbons (Fsp3) is 0.737. The van der Waals surface area contributed by atoms with Gasteiger partial charge in [-0.25, -0.2) is 0 Å². The third-order valence-electron chi connectivity index (χ3n) is 5.62. The van der Waals surface area contributed by atoms with Gasteiger partial charge in [0.1, 0.15) is 6.61 Å². The molecule has 2 aliphatic rings. The van der Waals surface area contributed by atoms with Crippen LogP contribution in [0.1, 0.15) is 31.2 Å². The fourth-order valence-electron chi connectivity index (χ4n) is 3.99. The van der Waals surface area contributed by atoms with Crippen molar-refractivity contribution < 1.29 is 18.7 Å². The summed E-state index contributed by atoms with van der Waals surface area (Å²) in [6, 6.07) is 2.03. The van der Waals surface area contributed by atoms with Crippen LogP contribution in [0.4, 0.5) is 0 Å². The van der Waals surface area contributed by atoms with Crippen LogP contribution < -0.4 is 0 Å². The first-order chi connectivity index (χ1) is 12.1. The number of likely N-dealkylation sites (N-methyl/N-ethyl adjacent to an activating group) is 1. The minimum absolute atomic E-state index is 0.0157. The maximum Gasteiger partial charge on any atom is 0.248 e. The number of rotatable bonds is 7. The van der Waals surface area contributed by atoms with Gasteiger partial charge in [-0.05, 0) is 37.7 Å². The summed E-state index contributed by atoms with van der Waals surface area (Å²) in [4.78, 5) is 15.6. The van der Waals surface area contributed by atoms with Crippen LogP contribution in [-0.4, -0.2) is 68.3 Å². The first-order valence-corrected chi connectivity index (χ1v) is 9.24. The highest BCUT2D eigenvalue weighted by Gasteiger charge is 2.45. The number of carbonyl (C=O) groups excluding carboxylic acids is 1. The molecule has 0 unspecified atom stereocenters. The summed E-state index contributed by atoms with van der Waals surface area (Å²) in [5.74, 6) is 0.558. The summed E-state index contributed by atoms with van der Waals surface area (Å²) in [5.41, 5.74) is 1.25. The van der Waals surface area contributed by atoms with Crippen molar-refractivity contribution in [2.24, 2.45) is 5.92 Å². The molecule has 1 aromatic heterocycles. The minimum Gasteiger partial charge on any atom is -0.472 e. The average molecular weight is 350 g/mol. The number of hydrogen-bond acceptors (Lipinski definition) is 5. The molecule has 1 atom stereocenters. The molecule has 0 saturated carbocycles. The second-order valence-electron chi connectivity index (χ2n) is 7.44. The van der Waals surface area contributed by atoms with Crippen LogP contribution in [-0.2, 0) is 20.8 Å². The van der Waals surface area contributed by atoms with E-state index in [2.05, 4.69) is 4.90 Å². The van der Waals surface area contributed by atoms with Gasteiger partial charge in [0, 0.05) is 52.5 Å². The summed E-state index contributed by atoms with van der Waals surface area (Å²) < 4.78 is 17.0. The van der Waals surface area contributed by atoms with E-state index in [1.54, 1.807) is 25.3 Å². The van der Waals surface area contributed by atoms with Crippen molar-refractivity contribution in [3.63, 3.8) is 0 Å². The molecule has 0 N–H and O–H groups in total. The van der Waals surface area contributed by atoms with Gasteiger partial charge < -0.3 is 18.8 Å². The van der Waals surface area contributed by atoms with Crippen LogP contribution in [0.2, 0.25) is 0 Å². The van der Waals surface area contributed by atoms with Crippen LogP contribution in [0, 0.1) is 5.92 Å². The molecule has 1 amide bonds. The Morgan fingerprint density at radius 3 is 2.88 bits per heavy atom. The molecule has 0 aliphatic carbocycles. The highest BCUT2D eigenvalue weighted by molar-refractivity contribution is 5.76. The van der Waals surface area contributed by atoms with Crippen LogP contribution in [0.25, 0.3) is 0 Å². The van der Waals surface area contributed by atoms with Gasteiger partial charge in [-0.3, -0.25) is 9.69 Å². The number of hydrogen-bond donors (Lipinski definition) is 0. The second-order valence-corrected chi connectivity index (χ2v) is 7.44. The Hall–Kier alpha value is -1.37. The zero-order chi connectivity index (χ0) is 17.7. The van der Waals surface area contributed by atoms with E-state index >= 15 is 0 Å². The van der Waals surface area contributed by atoms with Gasteiger partial charge in [0.05, 0.1) is 18.1 Å². The number of piperidine rings is 1. The monoisotopic (exact) mass is 350 g/mol. The van der Waals surface area contributed by atoms with Gasteiger partial charge in [0.15, 0.2) is 0 Å². The van der Waals surface area contributed by atoms with Gasteiger partial charge in [-0.1, -0.05) is 0 Å². The molecular weight excluding hydrogens is 320 g/mol. The molecule has 1 aromatic rings. The number of amides is 1. The first-order valence-electron chi connectivity index (χ1n) is 9.24. The van der Waals surface area contributed by atoms with E-state index < -0.39 is 0 Å². The van der Waals surface area contributed by atoms with Gasteiger partial charge in [-0.2, -0.15) is 0 Å². The summed E-state index contributed by atoms with van der Waals surface area (Å²) in [5, 5.41) is 0. The third-order valence-corrected chi connectivity index (χ3v) is 5.62. The predicted molar refractivity (Wildman–Crippen MR) is 94.1 cm³/mol. The van der Waals surface area contributed by atoms with Gasteiger partial charge in [-0.15, -0.1) is 0 Å². The second kappa shape index (κ2) is 8.34. The van der Waals surface area contributed by atoms with E-state index in [1.165, 1.54) is 5.56 Å². The van der Waals surface area contributed by atoms with Crippen LogP contribution in [0.15, 0.2) is 23.0 Å². The first kappa shape index (κ1) is 18.4. The van der Waals surface area contributed by atoms with Crippen LogP contribution in [0.3, 0.4) is 0 Å². The lowest BCUT2D eigenvalue weighted by Gasteiger charge is -2.42. The topological polar surface area (TPSA) is 55.2 Å². The lowest BCUT2D eigenvalue weighted by molar-refractivity contribution is -0.133. The molecule has 3 rings (SSSR count). The minimum atomic E-state index is 0.0157. The van der Waals surface area contributed by atoms with Crippen molar-refractivity contribution in [3.05, 3.63) is 24.2 Å². The lowest BCUT2D eigenvalue weighted by Crippen LogP contribution is -2.47. The van der Waals surface area contributed by atoms with E-state index in [4.69, 9.17) is 13.9 Å². The van der Waals surface area contributed by atoms with Crippen molar-refractivity contribution in [1.29, 1.82) is 0 Å². The maximum absolute atomic E-state index is 11.6. The van der Waals surface area contributed by atoms with Crippen molar-refractivity contribution in [3.8, 4) is 0 Å². The van der Waals surface area contributed by atoms with Crippen LogP contribution >= 0.6 is 0 Å². The Balaban J connectivity index is 1.43. The van der Waals surface area contributed by atoms with Crippen molar-refractivity contribution in [1.82, 2.24) is 9.80 Å². The Morgan fingerprint density at radius 2 is 2.20 bits per heavy atom. The third kappa shape index (κ3) is 4.63. The molecule has 0 bridgehead atoms. The van der Waals surface area contributed by atoms with E-state index in [-0.39, 0.29) is 18.1 Å². The molecule has 0 radical (unpaired) electrons. The molecule has 2 saturated heterocycles. The SMILES string of the molecule is CN(C)C(=O)COCC[C@@H]1CCOC12CCN(Cc1ccoc1)CC2. The molecule has 6 nitrogen and oxygen atoms in total. The lowest BCUT2D eigenvalue weighted by atomic mass is 9.78. The molecule has 3 heterocycles. The number of furan rings is 1. The standard InChI is InChI=1S/C19H30N2O4/c1-20(2)18(22)15-24-11-4-17-5-12-25-19(17)6-8-21(9-7-19)13-16-3-10-23-14-16/h3,10,14,17H,4-9,11-13,15H2,1-2H3/t17-/m1/s1. The highest BCUT2D eigenvalue weighted by Crippen LogP contribution is 2.42. The summed E-state index contributed by atoms with van der Waals surface area (Å²) in [6.07, 6.45) is 7.79. The Kier molecular flexibility index (Phi) is 6.15.